The van der Waals surface area contributed by atoms with Gasteiger partial charge in [0.05, 0.1) is 22.4 Å². The van der Waals surface area contributed by atoms with Gasteiger partial charge in [-0.3, -0.25) is 9.79 Å². The Morgan fingerprint density at radius 3 is 2.56 bits per heavy atom. The van der Waals surface area contributed by atoms with Gasteiger partial charge in [-0.25, -0.2) is 14.4 Å². The van der Waals surface area contributed by atoms with E-state index in [1.54, 1.807) is 30.3 Å². The molecule has 8 heteroatoms. The van der Waals surface area contributed by atoms with Crippen molar-refractivity contribution in [3.05, 3.63) is 82.8 Å². The Bertz CT molecular complexity index is 1320. The number of benzene rings is 3. The summed E-state index contributed by atoms with van der Waals surface area (Å²) in [5, 5.41) is 6.14. The lowest BCUT2D eigenvalue weighted by molar-refractivity contribution is 0.0951. The van der Waals surface area contributed by atoms with Gasteiger partial charge in [-0.2, -0.15) is 0 Å². The summed E-state index contributed by atoms with van der Waals surface area (Å²) in [5.74, 6) is -0.605. The second-order valence-corrected chi connectivity index (χ2v) is 7.37. The number of halogens is 2. The second-order valence-electron chi connectivity index (χ2n) is 7.02. The minimum atomic E-state index is -0.353. The lowest BCUT2D eigenvalue weighted by Crippen LogP contribution is -2.22. The maximum absolute atomic E-state index is 13.2. The van der Waals surface area contributed by atoms with Crippen molar-refractivity contribution >= 4 is 46.6 Å². The van der Waals surface area contributed by atoms with E-state index in [1.807, 2.05) is 25.2 Å². The van der Waals surface area contributed by atoms with Crippen LogP contribution in [0.25, 0.3) is 22.3 Å². The molecule has 1 amide bonds. The van der Waals surface area contributed by atoms with Crippen LogP contribution >= 0.6 is 11.6 Å². The van der Waals surface area contributed by atoms with Crippen LogP contribution < -0.4 is 10.6 Å². The Kier molecular flexibility index (Phi) is 6.09. The first-order valence-electron chi connectivity index (χ1n) is 9.77. The molecular formula is C24H19ClFN5O. The molecule has 0 aliphatic carbocycles. The summed E-state index contributed by atoms with van der Waals surface area (Å²) >= 11 is 6.28. The molecule has 0 unspecified atom stereocenters. The number of rotatable bonds is 6. The van der Waals surface area contributed by atoms with E-state index in [9.17, 15) is 9.18 Å². The predicted octanol–water partition coefficient (Wildman–Crippen LogP) is 5.39. The molecule has 4 aromatic rings. The number of nitrogens with zero attached hydrogens (tertiary/aromatic N) is 3. The average molecular weight is 448 g/mol. The molecule has 0 saturated heterocycles. The molecule has 32 heavy (non-hydrogen) atoms. The minimum Gasteiger partial charge on any atom is -0.386 e. The lowest BCUT2D eigenvalue weighted by atomic mass is 10.1. The highest BCUT2D eigenvalue weighted by atomic mass is 35.5. The maximum Gasteiger partial charge on any atom is 0.251 e. The van der Waals surface area contributed by atoms with Crippen LogP contribution in [0.4, 0.5) is 15.8 Å². The highest BCUT2D eigenvalue weighted by Crippen LogP contribution is 2.28. The van der Waals surface area contributed by atoms with Crippen molar-refractivity contribution in [2.75, 3.05) is 12.4 Å². The molecule has 0 radical (unpaired) electrons. The minimum absolute atomic E-state index is 0.206. The van der Waals surface area contributed by atoms with Gasteiger partial charge in [0.15, 0.2) is 5.15 Å². The Morgan fingerprint density at radius 1 is 1.06 bits per heavy atom. The molecule has 1 aromatic heterocycles. The number of hydrogen-bond acceptors (Lipinski definition) is 5. The van der Waals surface area contributed by atoms with Crippen LogP contribution in [0.1, 0.15) is 15.9 Å². The molecule has 3 aromatic carbocycles. The fraction of sp³-hybridized carbons (Fsp3) is 0.0833. The van der Waals surface area contributed by atoms with E-state index in [4.69, 9.17) is 11.6 Å². The van der Waals surface area contributed by atoms with Crippen LogP contribution in [0, 0.1) is 5.82 Å². The van der Waals surface area contributed by atoms with Gasteiger partial charge in [-0.05, 0) is 66.9 Å². The third kappa shape index (κ3) is 4.43. The molecule has 0 aliphatic heterocycles. The zero-order valence-corrected chi connectivity index (χ0v) is 17.9. The van der Waals surface area contributed by atoms with Gasteiger partial charge in [-0.1, -0.05) is 17.7 Å². The van der Waals surface area contributed by atoms with E-state index in [2.05, 4.69) is 32.3 Å². The van der Waals surface area contributed by atoms with Gasteiger partial charge in [-0.15, -0.1) is 0 Å². The third-order valence-electron chi connectivity index (χ3n) is 4.96. The van der Waals surface area contributed by atoms with E-state index in [-0.39, 0.29) is 16.9 Å². The van der Waals surface area contributed by atoms with Gasteiger partial charge in [0.1, 0.15) is 11.5 Å². The number of carbonyl (C=O) groups is 1. The first kappa shape index (κ1) is 21.4. The van der Waals surface area contributed by atoms with E-state index in [0.29, 0.717) is 40.1 Å². The van der Waals surface area contributed by atoms with Crippen molar-refractivity contribution in [1.29, 1.82) is 0 Å². The number of nitrogens with one attached hydrogen (secondary N) is 2. The lowest BCUT2D eigenvalue weighted by Gasteiger charge is -2.10. The van der Waals surface area contributed by atoms with Crippen LogP contribution in [-0.2, 0) is 6.54 Å². The maximum atomic E-state index is 13.2. The molecular weight excluding hydrogens is 429 g/mol. The first-order chi connectivity index (χ1) is 15.5. The number of fused-ring (bicyclic) bond motifs is 1. The molecule has 160 valence electrons. The molecule has 0 spiro atoms. The van der Waals surface area contributed by atoms with Crippen LogP contribution in [0.5, 0.6) is 0 Å². The summed E-state index contributed by atoms with van der Waals surface area (Å²) < 4.78 is 13.2. The van der Waals surface area contributed by atoms with Gasteiger partial charge in [0, 0.05) is 24.7 Å². The van der Waals surface area contributed by atoms with Gasteiger partial charge < -0.3 is 10.6 Å². The molecule has 0 bridgehead atoms. The normalized spacial score (nSPS) is 10.7. The third-order valence-corrected chi connectivity index (χ3v) is 5.22. The van der Waals surface area contributed by atoms with Crippen molar-refractivity contribution in [3.63, 3.8) is 0 Å². The van der Waals surface area contributed by atoms with Gasteiger partial charge >= 0.3 is 0 Å². The Hall–Kier alpha value is -3.84. The van der Waals surface area contributed by atoms with Crippen molar-refractivity contribution in [3.8, 4) is 11.3 Å². The quantitative estimate of drug-likeness (QED) is 0.388. The molecule has 4 rings (SSSR count). The Labute approximate surface area is 189 Å². The molecule has 0 atom stereocenters. The van der Waals surface area contributed by atoms with E-state index < -0.39 is 0 Å². The fourth-order valence-corrected chi connectivity index (χ4v) is 3.52. The molecule has 1 heterocycles. The van der Waals surface area contributed by atoms with Crippen molar-refractivity contribution < 1.29 is 9.18 Å². The number of anilines is 1. The van der Waals surface area contributed by atoms with Gasteiger partial charge in [0.2, 0.25) is 0 Å². The highest BCUT2D eigenvalue weighted by molar-refractivity contribution is 6.32. The summed E-state index contributed by atoms with van der Waals surface area (Å²) in [6.07, 6.45) is 0. The summed E-state index contributed by atoms with van der Waals surface area (Å²) in [7, 11) is 1.81. The molecule has 0 aliphatic rings. The number of amides is 1. The van der Waals surface area contributed by atoms with Crippen molar-refractivity contribution in [2.45, 2.75) is 6.54 Å². The van der Waals surface area contributed by atoms with Crippen LogP contribution in [0.3, 0.4) is 0 Å². The zero-order valence-electron chi connectivity index (χ0n) is 17.2. The van der Waals surface area contributed by atoms with Crippen LogP contribution in [0.15, 0.2) is 65.7 Å². The smallest absolute Gasteiger partial charge is 0.251 e. The second kappa shape index (κ2) is 9.11. The van der Waals surface area contributed by atoms with Crippen LogP contribution in [-0.4, -0.2) is 29.6 Å². The van der Waals surface area contributed by atoms with Crippen molar-refractivity contribution in [1.82, 2.24) is 15.3 Å². The summed E-state index contributed by atoms with van der Waals surface area (Å²) in [4.78, 5) is 25.6. The standard InChI is InChI=1S/C24H19ClFN5O/c1-27-18-9-3-14(11-20(18)28-2)13-29-24(32)16-6-10-19-21(12-16)30-22(23(25)31-19)15-4-7-17(26)8-5-15/h3-12,27H,2,13H2,1H3,(H,29,32). The molecule has 2 N–H and O–H groups in total. The van der Waals surface area contributed by atoms with E-state index >= 15 is 0 Å². The SMILES string of the molecule is C=Nc1cc(CNC(=O)c2ccc3nc(Cl)c(-c4ccc(F)cc4)nc3c2)ccc1NC. The largest absolute Gasteiger partial charge is 0.386 e. The summed E-state index contributed by atoms with van der Waals surface area (Å²) in [6.45, 7) is 3.90. The number of aliphatic imine (C=N–C) groups is 1. The Morgan fingerprint density at radius 2 is 1.84 bits per heavy atom. The Balaban J connectivity index is 1.57. The molecule has 6 nitrogen and oxygen atoms in total. The average Bonchev–Trinajstić information content (AvgIpc) is 2.82. The topological polar surface area (TPSA) is 79.3 Å². The summed E-state index contributed by atoms with van der Waals surface area (Å²) in [6, 6.07) is 16.5. The van der Waals surface area contributed by atoms with E-state index in [0.717, 1.165) is 11.3 Å². The number of aromatic nitrogens is 2. The number of hydrogen-bond donors (Lipinski definition) is 2. The fourth-order valence-electron chi connectivity index (χ4n) is 3.28. The zero-order chi connectivity index (χ0) is 22.7. The number of carbonyl (C=O) groups excluding carboxylic acids is 1. The monoisotopic (exact) mass is 447 g/mol. The van der Waals surface area contributed by atoms with Gasteiger partial charge in [0.25, 0.3) is 5.91 Å². The van der Waals surface area contributed by atoms with E-state index in [1.165, 1.54) is 12.1 Å². The molecule has 0 fully saturated rings. The summed E-state index contributed by atoms with van der Waals surface area (Å²) in [5.41, 5.74) is 5.03. The van der Waals surface area contributed by atoms with Crippen LogP contribution in [0.2, 0.25) is 5.15 Å². The molecule has 0 saturated carbocycles. The first-order valence-corrected chi connectivity index (χ1v) is 10.1. The van der Waals surface area contributed by atoms with Crippen molar-refractivity contribution in [2.24, 2.45) is 4.99 Å². The highest BCUT2D eigenvalue weighted by Gasteiger charge is 2.13. The predicted molar refractivity (Wildman–Crippen MR) is 126 cm³/mol.